The number of rotatable bonds is 6. The maximum absolute atomic E-state index is 5.99. The molecule has 0 radical (unpaired) electrons. The molecule has 0 saturated heterocycles. The lowest BCUT2D eigenvalue weighted by Gasteiger charge is -2.46. The highest BCUT2D eigenvalue weighted by Gasteiger charge is 2.38. The van der Waals surface area contributed by atoms with Gasteiger partial charge in [-0.2, -0.15) is 0 Å². The molecule has 1 aliphatic carbocycles. The molecule has 2 atom stereocenters. The zero-order valence-electron chi connectivity index (χ0n) is 10.9. The van der Waals surface area contributed by atoms with Gasteiger partial charge in [0.15, 0.2) is 0 Å². The van der Waals surface area contributed by atoms with Crippen molar-refractivity contribution in [2.24, 2.45) is 5.73 Å². The van der Waals surface area contributed by atoms with Crippen molar-refractivity contribution < 1.29 is 9.47 Å². The Labute approximate surface area is 99.1 Å². The quantitative estimate of drug-likeness (QED) is 0.735. The van der Waals surface area contributed by atoms with Gasteiger partial charge in [0.2, 0.25) is 0 Å². The predicted molar refractivity (Wildman–Crippen MR) is 65.6 cm³/mol. The molecule has 0 heterocycles. The third kappa shape index (κ3) is 3.17. The van der Waals surface area contributed by atoms with Crippen LogP contribution in [0, 0.1) is 0 Å². The first-order valence-corrected chi connectivity index (χ1v) is 6.11. The van der Waals surface area contributed by atoms with Crippen LogP contribution in [-0.2, 0) is 9.47 Å². The predicted octanol–water partition coefficient (Wildman–Crippen LogP) is 0.851. The van der Waals surface area contributed by atoms with Gasteiger partial charge in [-0.25, -0.2) is 0 Å². The summed E-state index contributed by atoms with van der Waals surface area (Å²) in [6.45, 7) is 2.40. The van der Waals surface area contributed by atoms with Gasteiger partial charge in [-0.05, 0) is 32.7 Å². The first kappa shape index (κ1) is 13.9. The summed E-state index contributed by atoms with van der Waals surface area (Å²) in [6.07, 6.45) is 4.94. The molecule has 0 aliphatic heterocycles. The van der Waals surface area contributed by atoms with E-state index in [-0.39, 0.29) is 5.54 Å². The Bertz CT molecular complexity index is 201. The summed E-state index contributed by atoms with van der Waals surface area (Å²) in [5.74, 6) is 0. The molecular weight excluding hydrogens is 204 g/mol. The van der Waals surface area contributed by atoms with Crippen molar-refractivity contribution in [1.29, 1.82) is 0 Å². The number of hydrogen-bond donors (Lipinski definition) is 1. The normalized spacial score (nSPS) is 30.9. The summed E-state index contributed by atoms with van der Waals surface area (Å²) in [6, 6.07) is 0. The lowest BCUT2D eigenvalue weighted by atomic mass is 9.79. The molecule has 2 unspecified atom stereocenters. The number of nitrogens with two attached hydrogens (primary N) is 1. The second kappa shape index (κ2) is 6.55. The summed E-state index contributed by atoms with van der Waals surface area (Å²) in [5.41, 5.74) is 6.10. The molecule has 4 nitrogen and oxygen atoms in total. The molecule has 1 saturated carbocycles. The van der Waals surface area contributed by atoms with Gasteiger partial charge in [0.25, 0.3) is 0 Å². The molecule has 0 aromatic carbocycles. The number of hydrogen-bond acceptors (Lipinski definition) is 4. The van der Waals surface area contributed by atoms with Gasteiger partial charge in [0.1, 0.15) is 0 Å². The zero-order chi connectivity index (χ0) is 12.0. The van der Waals surface area contributed by atoms with Crippen LogP contribution in [0.4, 0.5) is 0 Å². The summed E-state index contributed by atoms with van der Waals surface area (Å²) in [4.78, 5) is 2.35. The standard InChI is InChI=1S/C12H26N2O2/c1-14(7-8-15-2)12(10-13)6-4-5-11(9-12)16-3/h11H,4-10,13H2,1-3H3. The third-order valence-electron chi connectivity index (χ3n) is 3.93. The summed E-state index contributed by atoms with van der Waals surface area (Å²) < 4.78 is 10.6. The van der Waals surface area contributed by atoms with Crippen molar-refractivity contribution in [3.8, 4) is 0 Å². The Balaban J connectivity index is 2.60. The van der Waals surface area contributed by atoms with E-state index < -0.39 is 0 Å². The molecule has 0 spiro atoms. The fourth-order valence-corrected chi connectivity index (χ4v) is 2.64. The Hall–Kier alpha value is -0.160. The first-order valence-electron chi connectivity index (χ1n) is 6.11. The highest BCUT2D eigenvalue weighted by Crippen LogP contribution is 2.33. The van der Waals surface area contributed by atoms with E-state index in [9.17, 15) is 0 Å². The van der Waals surface area contributed by atoms with Crippen LogP contribution in [-0.4, -0.2) is 57.5 Å². The molecule has 4 heteroatoms. The van der Waals surface area contributed by atoms with Crippen LogP contribution in [0.3, 0.4) is 0 Å². The Morgan fingerprint density at radius 2 is 2.19 bits per heavy atom. The summed E-state index contributed by atoms with van der Waals surface area (Å²) in [5, 5.41) is 0. The Morgan fingerprint density at radius 1 is 1.44 bits per heavy atom. The number of likely N-dealkylation sites (N-methyl/N-ethyl adjacent to an activating group) is 1. The molecule has 0 aromatic rings. The van der Waals surface area contributed by atoms with Crippen molar-refractivity contribution in [2.45, 2.75) is 37.3 Å². The van der Waals surface area contributed by atoms with E-state index >= 15 is 0 Å². The smallest absolute Gasteiger partial charge is 0.0589 e. The SMILES string of the molecule is COCCN(C)C1(CN)CCCC(OC)C1. The highest BCUT2D eigenvalue weighted by atomic mass is 16.5. The van der Waals surface area contributed by atoms with Crippen LogP contribution in [0.2, 0.25) is 0 Å². The Kier molecular flexibility index (Phi) is 5.69. The fraction of sp³-hybridized carbons (Fsp3) is 1.00. The second-order valence-electron chi connectivity index (χ2n) is 4.80. The van der Waals surface area contributed by atoms with E-state index in [1.807, 2.05) is 0 Å². The fourth-order valence-electron chi connectivity index (χ4n) is 2.64. The second-order valence-corrected chi connectivity index (χ2v) is 4.80. The molecule has 1 aliphatic rings. The van der Waals surface area contributed by atoms with Gasteiger partial charge < -0.3 is 15.2 Å². The molecule has 1 fully saturated rings. The molecule has 2 N–H and O–H groups in total. The topological polar surface area (TPSA) is 47.7 Å². The minimum absolute atomic E-state index is 0.109. The average Bonchev–Trinajstić information content (AvgIpc) is 2.35. The van der Waals surface area contributed by atoms with E-state index in [1.165, 1.54) is 12.8 Å². The van der Waals surface area contributed by atoms with Gasteiger partial charge in [0.05, 0.1) is 12.7 Å². The van der Waals surface area contributed by atoms with Crippen molar-refractivity contribution >= 4 is 0 Å². The summed E-state index contributed by atoms with van der Waals surface area (Å²) >= 11 is 0. The average molecular weight is 230 g/mol. The number of ether oxygens (including phenoxy) is 2. The van der Waals surface area contributed by atoms with Crippen molar-refractivity contribution in [3.63, 3.8) is 0 Å². The number of methoxy groups -OCH3 is 2. The van der Waals surface area contributed by atoms with Crippen LogP contribution in [0.5, 0.6) is 0 Å². The highest BCUT2D eigenvalue weighted by molar-refractivity contribution is 4.96. The van der Waals surface area contributed by atoms with Gasteiger partial charge in [-0.15, -0.1) is 0 Å². The largest absolute Gasteiger partial charge is 0.383 e. The monoisotopic (exact) mass is 230 g/mol. The van der Waals surface area contributed by atoms with Crippen molar-refractivity contribution in [2.75, 3.05) is 41.0 Å². The molecule has 0 amide bonds. The summed E-state index contributed by atoms with van der Waals surface area (Å²) in [7, 11) is 5.68. The van der Waals surface area contributed by atoms with Gasteiger partial charge in [-0.1, -0.05) is 0 Å². The lowest BCUT2D eigenvalue weighted by Crippen LogP contribution is -2.56. The molecule has 1 rings (SSSR count). The van der Waals surface area contributed by atoms with E-state index in [2.05, 4.69) is 11.9 Å². The minimum atomic E-state index is 0.109. The molecule has 16 heavy (non-hydrogen) atoms. The Morgan fingerprint density at radius 3 is 2.75 bits per heavy atom. The van der Waals surface area contributed by atoms with E-state index in [0.29, 0.717) is 12.6 Å². The van der Waals surface area contributed by atoms with Crippen LogP contribution >= 0.6 is 0 Å². The van der Waals surface area contributed by atoms with Crippen LogP contribution in [0.25, 0.3) is 0 Å². The maximum atomic E-state index is 5.99. The van der Waals surface area contributed by atoms with E-state index in [4.69, 9.17) is 15.2 Å². The maximum Gasteiger partial charge on any atom is 0.0589 e. The van der Waals surface area contributed by atoms with Crippen molar-refractivity contribution in [1.82, 2.24) is 4.90 Å². The van der Waals surface area contributed by atoms with Crippen LogP contribution < -0.4 is 5.73 Å². The molecule has 0 bridgehead atoms. The van der Waals surface area contributed by atoms with Gasteiger partial charge in [-0.3, -0.25) is 4.90 Å². The third-order valence-corrected chi connectivity index (χ3v) is 3.93. The van der Waals surface area contributed by atoms with Crippen LogP contribution in [0.1, 0.15) is 25.7 Å². The molecule has 96 valence electrons. The van der Waals surface area contributed by atoms with Gasteiger partial charge in [0, 0.05) is 32.8 Å². The molecular formula is C12H26N2O2. The van der Waals surface area contributed by atoms with Gasteiger partial charge >= 0.3 is 0 Å². The lowest BCUT2D eigenvalue weighted by molar-refractivity contribution is -0.0184. The van der Waals surface area contributed by atoms with Crippen molar-refractivity contribution in [3.05, 3.63) is 0 Å². The van der Waals surface area contributed by atoms with Crippen LogP contribution in [0.15, 0.2) is 0 Å². The van der Waals surface area contributed by atoms with E-state index in [1.54, 1.807) is 14.2 Å². The number of nitrogens with zero attached hydrogens (tertiary/aromatic N) is 1. The van der Waals surface area contributed by atoms with E-state index in [0.717, 1.165) is 26.0 Å². The zero-order valence-corrected chi connectivity index (χ0v) is 10.9. The first-order chi connectivity index (χ1) is 7.68. The minimum Gasteiger partial charge on any atom is -0.383 e. The molecule has 0 aromatic heterocycles.